The topological polar surface area (TPSA) is 34.1 Å². The normalized spacial score (nSPS) is 13.2. The minimum atomic E-state index is -3.52. The van der Waals surface area contributed by atoms with Gasteiger partial charge in [0.25, 0.3) is 0 Å². The lowest BCUT2D eigenvalue weighted by molar-refractivity contribution is 0.594. The summed E-state index contributed by atoms with van der Waals surface area (Å²) in [6.45, 7) is 0. The fourth-order valence-electron chi connectivity index (χ4n) is 1.72. The molecule has 0 saturated carbocycles. The number of rotatable bonds is 4. The van der Waals surface area contributed by atoms with E-state index in [2.05, 4.69) is 0 Å². The molecule has 2 nitrogen and oxygen atoms in total. The SMILES string of the molecule is O=S(=O)(CC(Cl)c1ccccc1)c1ccc(Cl)c(Cl)c1. The Morgan fingerprint density at radius 2 is 1.60 bits per heavy atom. The maximum absolute atomic E-state index is 12.3. The zero-order chi connectivity index (χ0) is 14.8. The minimum absolute atomic E-state index is 0.119. The van der Waals surface area contributed by atoms with E-state index in [4.69, 9.17) is 34.8 Å². The Hall–Kier alpha value is -0.740. The summed E-state index contributed by atoms with van der Waals surface area (Å²) >= 11 is 17.8. The Bertz CT molecular complexity index is 700. The summed E-state index contributed by atoms with van der Waals surface area (Å²) in [6.07, 6.45) is 0. The molecule has 0 N–H and O–H groups in total. The first-order valence-corrected chi connectivity index (χ1v) is 8.61. The highest BCUT2D eigenvalue weighted by atomic mass is 35.5. The number of benzene rings is 2. The molecular formula is C14H11Cl3O2S. The molecule has 0 radical (unpaired) electrons. The lowest BCUT2D eigenvalue weighted by Crippen LogP contribution is -2.11. The number of sulfone groups is 1. The average Bonchev–Trinajstić information content (AvgIpc) is 2.42. The van der Waals surface area contributed by atoms with Crippen molar-refractivity contribution in [3.8, 4) is 0 Å². The van der Waals surface area contributed by atoms with Crippen LogP contribution in [0.25, 0.3) is 0 Å². The molecule has 0 aliphatic heterocycles. The first kappa shape index (κ1) is 15.6. The van der Waals surface area contributed by atoms with E-state index in [0.717, 1.165) is 5.56 Å². The molecule has 6 heteroatoms. The minimum Gasteiger partial charge on any atom is -0.224 e. The smallest absolute Gasteiger partial charge is 0.180 e. The van der Waals surface area contributed by atoms with Gasteiger partial charge in [0, 0.05) is 0 Å². The summed E-state index contributed by atoms with van der Waals surface area (Å²) in [6, 6.07) is 13.3. The molecule has 2 aromatic rings. The molecule has 0 heterocycles. The first-order chi connectivity index (χ1) is 9.40. The first-order valence-electron chi connectivity index (χ1n) is 5.77. The third kappa shape index (κ3) is 3.67. The van der Waals surface area contributed by atoms with E-state index in [1.165, 1.54) is 18.2 Å². The zero-order valence-corrected chi connectivity index (χ0v) is 13.3. The van der Waals surface area contributed by atoms with E-state index in [-0.39, 0.29) is 15.7 Å². The van der Waals surface area contributed by atoms with Crippen molar-refractivity contribution < 1.29 is 8.42 Å². The maximum Gasteiger partial charge on any atom is 0.180 e. The van der Waals surface area contributed by atoms with Gasteiger partial charge in [-0.2, -0.15) is 0 Å². The second-order valence-electron chi connectivity index (χ2n) is 4.24. The lowest BCUT2D eigenvalue weighted by atomic mass is 10.2. The molecule has 1 unspecified atom stereocenters. The van der Waals surface area contributed by atoms with Gasteiger partial charge in [-0.15, -0.1) is 11.6 Å². The predicted molar refractivity (Wildman–Crippen MR) is 83.6 cm³/mol. The number of hydrogen-bond donors (Lipinski definition) is 0. The maximum atomic E-state index is 12.3. The molecular weight excluding hydrogens is 339 g/mol. The molecule has 1 atom stereocenters. The second-order valence-corrected chi connectivity index (χ2v) is 7.61. The van der Waals surface area contributed by atoms with Crippen molar-refractivity contribution in [2.75, 3.05) is 5.75 Å². The highest BCUT2D eigenvalue weighted by Gasteiger charge is 2.21. The van der Waals surface area contributed by atoms with Crippen molar-refractivity contribution in [3.05, 3.63) is 64.1 Å². The summed E-state index contributed by atoms with van der Waals surface area (Å²) in [7, 11) is -3.52. The van der Waals surface area contributed by atoms with Crippen LogP contribution >= 0.6 is 34.8 Å². The molecule has 2 aromatic carbocycles. The lowest BCUT2D eigenvalue weighted by Gasteiger charge is -2.11. The Labute approximate surface area is 133 Å². The highest BCUT2D eigenvalue weighted by molar-refractivity contribution is 7.91. The highest BCUT2D eigenvalue weighted by Crippen LogP contribution is 2.29. The zero-order valence-electron chi connectivity index (χ0n) is 10.3. The third-order valence-electron chi connectivity index (χ3n) is 2.78. The molecule has 0 aliphatic rings. The van der Waals surface area contributed by atoms with Crippen LogP contribution in [0.4, 0.5) is 0 Å². The van der Waals surface area contributed by atoms with Crippen LogP contribution in [-0.4, -0.2) is 14.2 Å². The van der Waals surface area contributed by atoms with E-state index >= 15 is 0 Å². The molecule has 2 rings (SSSR count). The van der Waals surface area contributed by atoms with Gasteiger partial charge in [-0.1, -0.05) is 53.5 Å². The van der Waals surface area contributed by atoms with Gasteiger partial charge in [-0.3, -0.25) is 0 Å². The summed E-state index contributed by atoms with van der Waals surface area (Å²) < 4.78 is 24.6. The van der Waals surface area contributed by atoms with Gasteiger partial charge in [0.1, 0.15) is 0 Å². The summed E-state index contributed by atoms with van der Waals surface area (Å²) in [4.78, 5) is 0.119. The van der Waals surface area contributed by atoms with Crippen molar-refractivity contribution in [2.24, 2.45) is 0 Å². The Kier molecular flexibility index (Phi) is 4.97. The van der Waals surface area contributed by atoms with Gasteiger partial charge in [-0.25, -0.2) is 8.42 Å². The van der Waals surface area contributed by atoms with Gasteiger partial charge >= 0.3 is 0 Å². The Morgan fingerprint density at radius 3 is 2.20 bits per heavy atom. The Balaban J connectivity index is 2.25. The summed E-state index contributed by atoms with van der Waals surface area (Å²) in [5.74, 6) is -0.198. The standard InChI is InChI=1S/C14H11Cl3O2S/c15-12-7-6-11(8-13(12)16)20(18,19)9-14(17)10-4-2-1-3-5-10/h1-8,14H,9H2. The number of alkyl halides is 1. The molecule has 0 bridgehead atoms. The van der Waals surface area contributed by atoms with Gasteiger partial charge in [-0.05, 0) is 23.8 Å². The van der Waals surface area contributed by atoms with E-state index in [1.807, 2.05) is 18.2 Å². The van der Waals surface area contributed by atoms with Gasteiger partial charge in [0.15, 0.2) is 9.84 Å². The van der Waals surface area contributed by atoms with Crippen LogP contribution in [-0.2, 0) is 9.84 Å². The quantitative estimate of drug-likeness (QED) is 0.747. The van der Waals surface area contributed by atoms with Crippen molar-refractivity contribution in [3.63, 3.8) is 0 Å². The van der Waals surface area contributed by atoms with Crippen LogP contribution in [0.1, 0.15) is 10.9 Å². The summed E-state index contributed by atoms with van der Waals surface area (Å²) in [5.41, 5.74) is 0.762. The molecule has 0 saturated heterocycles. The Morgan fingerprint density at radius 1 is 0.950 bits per heavy atom. The summed E-state index contributed by atoms with van der Waals surface area (Å²) in [5, 5.41) is -0.0923. The predicted octanol–water partition coefficient (Wildman–Crippen LogP) is 4.75. The van der Waals surface area contributed by atoms with Gasteiger partial charge in [0.05, 0.1) is 26.1 Å². The number of hydrogen-bond acceptors (Lipinski definition) is 2. The van der Waals surface area contributed by atoms with Crippen molar-refractivity contribution >= 4 is 44.6 Å². The molecule has 0 aromatic heterocycles. The van der Waals surface area contributed by atoms with Crippen LogP contribution in [0.5, 0.6) is 0 Å². The van der Waals surface area contributed by atoms with Crippen LogP contribution in [0.2, 0.25) is 10.0 Å². The molecule has 0 fully saturated rings. The van der Waals surface area contributed by atoms with E-state index in [0.29, 0.717) is 5.02 Å². The van der Waals surface area contributed by atoms with Gasteiger partial charge in [0.2, 0.25) is 0 Å². The van der Waals surface area contributed by atoms with Crippen LogP contribution < -0.4 is 0 Å². The van der Waals surface area contributed by atoms with Crippen molar-refractivity contribution in [1.29, 1.82) is 0 Å². The monoisotopic (exact) mass is 348 g/mol. The fraction of sp³-hybridized carbons (Fsp3) is 0.143. The van der Waals surface area contributed by atoms with Crippen LogP contribution in [0, 0.1) is 0 Å². The molecule has 20 heavy (non-hydrogen) atoms. The molecule has 0 amide bonds. The van der Waals surface area contributed by atoms with Crippen molar-refractivity contribution in [1.82, 2.24) is 0 Å². The van der Waals surface area contributed by atoms with E-state index < -0.39 is 15.2 Å². The van der Waals surface area contributed by atoms with E-state index in [9.17, 15) is 8.42 Å². The number of halogens is 3. The van der Waals surface area contributed by atoms with Crippen molar-refractivity contribution in [2.45, 2.75) is 10.3 Å². The molecule has 0 aliphatic carbocycles. The molecule has 0 spiro atoms. The van der Waals surface area contributed by atoms with E-state index in [1.54, 1.807) is 12.1 Å². The van der Waals surface area contributed by atoms with Gasteiger partial charge < -0.3 is 0 Å². The largest absolute Gasteiger partial charge is 0.224 e. The third-order valence-corrected chi connectivity index (χ3v) is 5.85. The average molecular weight is 350 g/mol. The van der Waals surface area contributed by atoms with Crippen LogP contribution in [0.15, 0.2) is 53.4 Å². The molecule has 106 valence electrons. The second kappa shape index (κ2) is 6.35. The van der Waals surface area contributed by atoms with Crippen LogP contribution in [0.3, 0.4) is 0 Å². The fourth-order valence-corrected chi connectivity index (χ4v) is 4.07.